The summed E-state index contributed by atoms with van der Waals surface area (Å²) in [4.78, 5) is 28.3. The van der Waals surface area contributed by atoms with Gasteiger partial charge in [0.1, 0.15) is 0 Å². The molecule has 214 valence electrons. The standard InChI is InChI=1S/C34H38N2O4S/c1-24-16-18-27(19-17-24)41(39,40)35-22-31-25-12-8-6-4-2-3-5-7-9-13-28(32(31)23-35)26(20-25)21-36-33(37)29-14-10-11-15-30(29)34(36)38/h10-11,14-20H,2-9,12-13,21-23H2,1H3. The van der Waals surface area contributed by atoms with Crippen LogP contribution in [0.5, 0.6) is 0 Å². The Hall–Kier alpha value is -3.29. The number of rotatable bonds is 4. The number of fused-ring (bicyclic) bond motifs is 7. The van der Waals surface area contributed by atoms with Gasteiger partial charge < -0.3 is 0 Å². The van der Waals surface area contributed by atoms with Gasteiger partial charge in [0.15, 0.2) is 0 Å². The summed E-state index contributed by atoms with van der Waals surface area (Å²) < 4.78 is 29.1. The highest BCUT2D eigenvalue weighted by Gasteiger charge is 2.38. The van der Waals surface area contributed by atoms with Gasteiger partial charge >= 0.3 is 0 Å². The summed E-state index contributed by atoms with van der Waals surface area (Å²) in [6.45, 7) is 2.85. The molecular weight excluding hydrogens is 532 g/mol. The van der Waals surface area contributed by atoms with Crippen molar-refractivity contribution in [1.82, 2.24) is 9.21 Å². The summed E-state index contributed by atoms with van der Waals surface area (Å²) in [7, 11) is -3.67. The highest BCUT2D eigenvalue weighted by molar-refractivity contribution is 7.89. The van der Waals surface area contributed by atoms with Crippen molar-refractivity contribution in [3.05, 3.63) is 99.1 Å². The molecule has 2 bridgehead atoms. The minimum Gasteiger partial charge on any atom is -0.270 e. The van der Waals surface area contributed by atoms with E-state index in [4.69, 9.17) is 0 Å². The highest BCUT2D eigenvalue weighted by Crippen LogP contribution is 2.38. The summed E-state index contributed by atoms with van der Waals surface area (Å²) in [5.41, 5.74) is 7.41. The first-order valence-corrected chi connectivity index (χ1v) is 16.5. The fourth-order valence-electron chi connectivity index (χ4n) is 6.69. The number of aryl methyl sites for hydroxylation is 2. The van der Waals surface area contributed by atoms with Crippen molar-refractivity contribution < 1.29 is 18.0 Å². The van der Waals surface area contributed by atoms with Gasteiger partial charge in [-0.2, -0.15) is 4.31 Å². The molecule has 2 amide bonds. The molecule has 7 heteroatoms. The SMILES string of the molecule is Cc1ccc(S(=O)(=O)N2Cc3c4cc(CN5C(=O)c6ccccc6C5=O)c(c3C2)CCCCCCCCCC4)cc1. The van der Waals surface area contributed by atoms with E-state index in [0.717, 1.165) is 71.9 Å². The number of amides is 2. The van der Waals surface area contributed by atoms with Gasteiger partial charge in [-0.15, -0.1) is 0 Å². The van der Waals surface area contributed by atoms with Crippen molar-refractivity contribution in [3.8, 4) is 0 Å². The zero-order valence-corrected chi connectivity index (χ0v) is 24.6. The van der Waals surface area contributed by atoms with Crippen molar-refractivity contribution in [3.63, 3.8) is 0 Å². The van der Waals surface area contributed by atoms with Gasteiger partial charge in [0, 0.05) is 13.1 Å². The number of imide groups is 1. The van der Waals surface area contributed by atoms with Crippen LogP contribution in [-0.2, 0) is 42.5 Å². The third-order valence-corrected chi connectivity index (χ3v) is 10.8. The molecule has 6 rings (SSSR count). The number of sulfonamides is 1. The molecule has 6 nitrogen and oxygen atoms in total. The van der Waals surface area contributed by atoms with Crippen LogP contribution >= 0.6 is 0 Å². The maximum atomic E-state index is 13.8. The maximum absolute atomic E-state index is 13.8. The number of carbonyl (C=O) groups excluding carboxylic acids is 2. The van der Waals surface area contributed by atoms with Crippen molar-refractivity contribution in [1.29, 1.82) is 0 Å². The molecule has 0 unspecified atom stereocenters. The van der Waals surface area contributed by atoms with Crippen LogP contribution in [0.15, 0.2) is 59.5 Å². The normalized spacial score (nSPS) is 18.4. The monoisotopic (exact) mass is 570 g/mol. The fourth-order valence-corrected chi connectivity index (χ4v) is 8.06. The van der Waals surface area contributed by atoms with Crippen LogP contribution in [0.1, 0.15) is 105 Å². The van der Waals surface area contributed by atoms with E-state index in [9.17, 15) is 18.0 Å². The molecule has 0 radical (unpaired) electrons. The van der Waals surface area contributed by atoms with E-state index in [2.05, 4.69) is 6.07 Å². The quantitative estimate of drug-likeness (QED) is 0.327. The van der Waals surface area contributed by atoms with E-state index in [1.54, 1.807) is 40.7 Å². The molecular formula is C34H38N2O4S. The molecule has 0 atom stereocenters. The molecule has 2 heterocycles. The first kappa shape index (κ1) is 27.9. The van der Waals surface area contributed by atoms with Crippen molar-refractivity contribution in [2.45, 2.75) is 95.7 Å². The van der Waals surface area contributed by atoms with Crippen LogP contribution in [0.25, 0.3) is 0 Å². The van der Waals surface area contributed by atoms with Gasteiger partial charge in [0.05, 0.1) is 22.6 Å². The molecule has 0 aromatic heterocycles. The maximum Gasteiger partial charge on any atom is 0.261 e. The van der Waals surface area contributed by atoms with Crippen molar-refractivity contribution >= 4 is 21.8 Å². The lowest BCUT2D eigenvalue weighted by Crippen LogP contribution is -2.30. The lowest BCUT2D eigenvalue weighted by Gasteiger charge is -2.22. The molecule has 3 aromatic carbocycles. The van der Waals surface area contributed by atoms with E-state index in [-0.39, 0.29) is 18.4 Å². The van der Waals surface area contributed by atoms with Crippen LogP contribution in [0.4, 0.5) is 0 Å². The third-order valence-electron chi connectivity index (χ3n) is 9.01. The topological polar surface area (TPSA) is 74.8 Å². The van der Waals surface area contributed by atoms with Crippen LogP contribution in [0, 0.1) is 6.92 Å². The molecule has 0 spiro atoms. The molecule has 3 aromatic rings. The lowest BCUT2D eigenvalue weighted by atomic mass is 9.87. The lowest BCUT2D eigenvalue weighted by molar-refractivity contribution is 0.0642. The average molecular weight is 571 g/mol. The molecule has 41 heavy (non-hydrogen) atoms. The zero-order chi connectivity index (χ0) is 28.6. The molecule has 0 fully saturated rings. The first-order valence-electron chi connectivity index (χ1n) is 15.0. The fraction of sp³-hybridized carbons (Fsp3) is 0.412. The van der Waals surface area contributed by atoms with E-state index in [0.29, 0.717) is 29.1 Å². The Balaban J connectivity index is 1.40. The third kappa shape index (κ3) is 5.38. The van der Waals surface area contributed by atoms with Gasteiger partial charge in [0.25, 0.3) is 11.8 Å². The Bertz CT molecular complexity index is 1560. The second-order valence-electron chi connectivity index (χ2n) is 11.8. The van der Waals surface area contributed by atoms with Gasteiger partial charge in [-0.1, -0.05) is 74.4 Å². The second kappa shape index (κ2) is 11.5. The molecule has 0 saturated heterocycles. The molecule has 0 saturated carbocycles. The molecule has 1 aliphatic carbocycles. The van der Waals surface area contributed by atoms with Crippen LogP contribution in [0.3, 0.4) is 0 Å². The predicted molar refractivity (Wildman–Crippen MR) is 159 cm³/mol. The van der Waals surface area contributed by atoms with Gasteiger partial charge in [0.2, 0.25) is 10.0 Å². The Morgan fingerprint density at radius 1 is 0.683 bits per heavy atom. The summed E-state index contributed by atoms with van der Waals surface area (Å²) in [5, 5.41) is 0. The Morgan fingerprint density at radius 3 is 1.88 bits per heavy atom. The minimum atomic E-state index is -3.67. The second-order valence-corrected chi connectivity index (χ2v) is 13.7. The largest absolute Gasteiger partial charge is 0.270 e. The Morgan fingerprint density at radius 2 is 1.24 bits per heavy atom. The molecule has 0 N–H and O–H groups in total. The van der Waals surface area contributed by atoms with Gasteiger partial charge in [-0.05, 0) is 84.7 Å². The van der Waals surface area contributed by atoms with Crippen LogP contribution < -0.4 is 0 Å². The molecule has 3 aliphatic rings. The van der Waals surface area contributed by atoms with Crippen molar-refractivity contribution in [2.24, 2.45) is 0 Å². The number of benzene rings is 3. The van der Waals surface area contributed by atoms with Crippen LogP contribution in [-0.4, -0.2) is 29.4 Å². The zero-order valence-electron chi connectivity index (χ0n) is 23.8. The summed E-state index contributed by atoms with van der Waals surface area (Å²) in [6, 6.07) is 16.3. The molecule has 2 aliphatic heterocycles. The van der Waals surface area contributed by atoms with E-state index < -0.39 is 10.0 Å². The predicted octanol–water partition coefficient (Wildman–Crippen LogP) is 6.72. The highest BCUT2D eigenvalue weighted by atomic mass is 32.2. The smallest absolute Gasteiger partial charge is 0.261 e. The van der Waals surface area contributed by atoms with E-state index >= 15 is 0 Å². The summed E-state index contributed by atoms with van der Waals surface area (Å²) in [6.07, 6.45) is 10.9. The van der Waals surface area contributed by atoms with E-state index in [1.807, 2.05) is 19.1 Å². The van der Waals surface area contributed by atoms with E-state index in [1.165, 1.54) is 30.6 Å². The summed E-state index contributed by atoms with van der Waals surface area (Å²) in [5.74, 6) is -0.506. The first-order chi connectivity index (χ1) is 19.8. The number of carbonyl (C=O) groups is 2. The number of hydrogen-bond acceptors (Lipinski definition) is 4. The van der Waals surface area contributed by atoms with Gasteiger partial charge in [-0.25, -0.2) is 8.42 Å². The van der Waals surface area contributed by atoms with Crippen molar-refractivity contribution in [2.75, 3.05) is 0 Å². The Labute approximate surface area is 243 Å². The average Bonchev–Trinajstić information content (AvgIpc) is 3.52. The van der Waals surface area contributed by atoms with Gasteiger partial charge in [-0.3, -0.25) is 14.5 Å². The minimum absolute atomic E-state index is 0.215. The number of hydrogen-bond donors (Lipinski definition) is 0. The van der Waals surface area contributed by atoms with Crippen LogP contribution in [0.2, 0.25) is 0 Å². The summed E-state index contributed by atoms with van der Waals surface area (Å²) >= 11 is 0. The number of nitrogens with zero attached hydrogens (tertiary/aromatic N) is 2. The Kier molecular flexibility index (Phi) is 7.84.